The van der Waals surface area contributed by atoms with E-state index < -0.39 is 12.3 Å². The summed E-state index contributed by atoms with van der Waals surface area (Å²) in [6.07, 6.45) is -7.20. The van der Waals surface area contributed by atoms with E-state index in [-0.39, 0.29) is 17.0 Å². The van der Waals surface area contributed by atoms with Gasteiger partial charge in [0.25, 0.3) is 0 Å². The molecule has 0 saturated carbocycles. The summed E-state index contributed by atoms with van der Waals surface area (Å²) in [5.74, 6) is 0. The molecule has 0 radical (unpaired) electrons. The summed E-state index contributed by atoms with van der Waals surface area (Å²) in [7, 11) is 0. The molecule has 3 nitrogen and oxygen atoms in total. The Morgan fingerprint density at radius 2 is 1.74 bits per heavy atom. The number of benzene rings is 1. The molecule has 6 heteroatoms. The molecule has 19 heavy (non-hydrogen) atoms. The van der Waals surface area contributed by atoms with Crippen LogP contribution in [-0.2, 0) is 0 Å². The minimum absolute atomic E-state index is 0.172. The number of para-hydroxylation sites is 1. The highest BCUT2D eigenvalue weighted by Gasteiger charge is 2.42. The molecule has 0 unspecified atom stereocenters. The standard InChI is InChI=1S/C13H13F3N2O/c1-8-11(12(19)13(14,15)16)9(2)18(17-8)10-6-4-3-5-7-10/h3-7,12,19H,1-2H3/t12-/m1/s1. The molecule has 1 heterocycles. The van der Waals surface area contributed by atoms with Gasteiger partial charge >= 0.3 is 6.18 Å². The fourth-order valence-corrected chi connectivity index (χ4v) is 2.03. The van der Waals surface area contributed by atoms with E-state index in [0.717, 1.165) is 0 Å². The molecule has 0 bridgehead atoms. The number of aliphatic hydroxyl groups is 1. The Morgan fingerprint density at radius 1 is 1.16 bits per heavy atom. The summed E-state index contributed by atoms with van der Waals surface area (Å²) in [4.78, 5) is 0. The van der Waals surface area contributed by atoms with Gasteiger partial charge in [-0.05, 0) is 26.0 Å². The Balaban J connectivity index is 2.53. The molecule has 0 aliphatic rings. The first-order valence-corrected chi connectivity index (χ1v) is 5.68. The summed E-state index contributed by atoms with van der Waals surface area (Å²) in [5, 5.41) is 13.5. The van der Waals surface area contributed by atoms with Gasteiger partial charge in [0.2, 0.25) is 0 Å². The maximum Gasteiger partial charge on any atom is 0.418 e. The fraction of sp³-hybridized carbons (Fsp3) is 0.308. The predicted molar refractivity (Wildman–Crippen MR) is 64.1 cm³/mol. The van der Waals surface area contributed by atoms with Crippen LogP contribution in [0.1, 0.15) is 23.1 Å². The van der Waals surface area contributed by atoms with Gasteiger partial charge in [0.1, 0.15) is 0 Å². The molecule has 0 aliphatic heterocycles. The molecule has 2 rings (SSSR count). The highest BCUT2D eigenvalue weighted by molar-refractivity contribution is 5.38. The van der Waals surface area contributed by atoms with E-state index in [0.29, 0.717) is 5.69 Å². The molecule has 1 N–H and O–H groups in total. The van der Waals surface area contributed by atoms with Crippen LogP contribution in [0.2, 0.25) is 0 Å². The first-order valence-electron chi connectivity index (χ1n) is 5.68. The molecule has 0 spiro atoms. The van der Waals surface area contributed by atoms with Crippen LogP contribution in [0.5, 0.6) is 0 Å². The van der Waals surface area contributed by atoms with Crippen molar-refractivity contribution in [2.24, 2.45) is 0 Å². The highest BCUT2D eigenvalue weighted by atomic mass is 19.4. The summed E-state index contributed by atoms with van der Waals surface area (Å²) in [5.41, 5.74) is 0.930. The molecule has 1 atom stereocenters. The van der Waals surface area contributed by atoms with Crippen LogP contribution in [0, 0.1) is 13.8 Å². The lowest BCUT2D eigenvalue weighted by Gasteiger charge is -2.15. The second-order valence-electron chi connectivity index (χ2n) is 4.28. The Bertz CT molecular complexity index is 576. The molecule has 1 aromatic carbocycles. The van der Waals surface area contributed by atoms with Crippen LogP contribution >= 0.6 is 0 Å². The van der Waals surface area contributed by atoms with Crippen molar-refractivity contribution in [1.29, 1.82) is 0 Å². The maximum absolute atomic E-state index is 12.6. The van der Waals surface area contributed by atoms with Crippen molar-refractivity contribution in [3.05, 3.63) is 47.3 Å². The SMILES string of the molecule is Cc1nn(-c2ccccc2)c(C)c1[C@@H](O)C(F)(F)F. The van der Waals surface area contributed by atoms with Gasteiger partial charge in [-0.1, -0.05) is 18.2 Å². The number of aryl methyl sites for hydroxylation is 1. The summed E-state index contributed by atoms with van der Waals surface area (Å²) >= 11 is 0. The smallest absolute Gasteiger partial charge is 0.379 e. The van der Waals surface area contributed by atoms with Crippen LogP contribution in [-0.4, -0.2) is 21.1 Å². The van der Waals surface area contributed by atoms with Crippen molar-refractivity contribution in [2.75, 3.05) is 0 Å². The van der Waals surface area contributed by atoms with Gasteiger partial charge in [-0.25, -0.2) is 4.68 Å². The molecule has 0 fully saturated rings. The lowest BCUT2D eigenvalue weighted by atomic mass is 10.1. The fourth-order valence-electron chi connectivity index (χ4n) is 2.03. The molecule has 102 valence electrons. The molecule has 0 aliphatic carbocycles. The zero-order valence-electron chi connectivity index (χ0n) is 10.4. The Hall–Kier alpha value is -1.82. The average molecular weight is 270 g/mol. The number of hydrogen-bond acceptors (Lipinski definition) is 2. The van der Waals surface area contributed by atoms with Gasteiger partial charge in [0, 0.05) is 11.3 Å². The third-order valence-corrected chi connectivity index (χ3v) is 2.93. The lowest BCUT2D eigenvalue weighted by molar-refractivity contribution is -0.207. The van der Waals surface area contributed by atoms with E-state index in [2.05, 4.69) is 5.10 Å². The monoisotopic (exact) mass is 270 g/mol. The largest absolute Gasteiger partial charge is 0.418 e. The third kappa shape index (κ3) is 2.49. The van der Waals surface area contributed by atoms with Gasteiger partial charge in [-0.2, -0.15) is 18.3 Å². The van der Waals surface area contributed by atoms with Crippen molar-refractivity contribution >= 4 is 0 Å². The van der Waals surface area contributed by atoms with Crippen molar-refractivity contribution in [2.45, 2.75) is 26.1 Å². The van der Waals surface area contributed by atoms with E-state index >= 15 is 0 Å². The number of nitrogens with zero attached hydrogens (tertiary/aromatic N) is 2. The highest BCUT2D eigenvalue weighted by Crippen LogP contribution is 2.36. The second-order valence-corrected chi connectivity index (χ2v) is 4.28. The first-order chi connectivity index (χ1) is 8.82. The zero-order chi connectivity index (χ0) is 14.2. The molecule has 0 saturated heterocycles. The van der Waals surface area contributed by atoms with Crippen LogP contribution in [0.4, 0.5) is 13.2 Å². The van der Waals surface area contributed by atoms with Crippen LogP contribution in [0.25, 0.3) is 5.69 Å². The summed E-state index contributed by atoms with van der Waals surface area (Å²) in [6, 6.07) is 8.82. The van der Waals surface area contributed by atoms with Crippen LogP contribution in [0.15, 0.2) is 30.3 Å². The van der Waals surface area contributed by atoms with Crippen LogP contribution < -0.4 is 0 Å². The van der Waals surface area contributed by atoms with Crippen LogP contribution in [0.3, 0.4) is 0 Å². The minimum Gasteiger partial charge on any atom is -0.379 e. The normalized spacial score (nSPS) is 13.6. The number of rotatable bonds is 2. The van der Waals surface area contributed by atoms with Crippen molar-refractivity contribution < 1.29 is 18.3 Å². The van der Waals surface area contributed by atoms with Crippen molar-refractivity contribution in [3.63, 3.8) is 0 Å². The van der Waals surface area contributed by atoms with E-state index in [1.165, 1.54) is 18.5 Å². The summed E-state index contributed by atoms with van der Waals surface area (Å²) in [6.45, 7) is 2.97. The van der Waals surface area contributed by atoms with Gasteiger partial charge in [0.15, 0.2) is 6.10 Å². The Labute approximate surface area is 108 Å². The second kappa shape index (κ2) is 4.70. The van der Waals surface area contributed by atoms with E-state index in [1.807, 2.05) is 0 Å². The molecule has 2 aromatic rings. The number of hydrogen-bond donors (Lipinski definition) is 1. The summed E-state index contributed by atoms with van der Waals surface area (Å²) < 4.78 is 39.3. The number of aliphatic hydroxyl groups excluding tert-OH is 1. The van der Waals surface area contributed by atoms with Crippen molar-refractivity contribution in [3.8, 4) is 5.69 Å². The molecular formula is C13H13F3N2O. The first kappa shape index (κ1) is 13.6. The predicted octanol–water partition coefficient (Wildman–Crippen LogP) is 3.08. The van der Waals surface area contributed by atoms with E-state index in [1.54, 1.807) is 30.3 Å². The Morgan fingerprint density at radius 3 is 2.26 bits per heavy atom. The molecule has 1 aromatic heterocycles. The molecular weight excluding hydrogens is 257 g/mol. The van der Waals surface area contributed by atoms with E-state index in [9.17, 15) is 18.3 Å². The Kier molecular flexibility index (Phi) is 3.36. The van der Waals surface area contributed by atoms with Gasteiger partial charge < -0.3 is 5.11 Å². The topological polar surface area (TPSA) is 38.0 Å². The lowest BCUT2D eigenvalue weighted by Crippen LogP contribution is -2.21. The number of halogens is 3. The van der Waals surface area contributed by atoms with Gasteiger partial charge in [-0.3, -0.25) is 0 Å². The number of aromatic nitrogens is 2. The zero-order valence-corrected chi connectivity index (χ0v) is 10.4. The van der Waals surface area contributed by atoms with Crippen molar-refractivity contribution in [1.82, 2.24) is 9.78 Å². The van der Waals surface area contributed by atoms with E-state index in [4.69, 9.17) is 0 Å². The third-order valence-electron chi connectivity index (χ3n) is 2.93. The number of alkyl halides is 3. The van der Waals surface area contributed by atoms with Gasteiger partial charge in [0.05, 0.1) is 11.4 Å². The minimum atomic E-state index is -4.69. The molecule has 0 amide bonds. The quantitative estimate of drug-likeness (QED) is 0.910. The maximum atomic E-state index is 12.6. The average Bonchev–Trinajstić information content (AvgIpc) is 2.64. The van der Waals surface area contributed by atoms with Gasteiger partial charge in [-0.15, -0.1) is 0 Å².